The van der Waals surface area contributed by atoms with Crippen molar-refractivity contribution in [3.8, 4) is 23.0 Å². The predicted molar refractivity (Wildman–Crippen MR) is 99.9 cm³/mol. The smallest absolute Gasteiger partial charge is 0.385 e. The second-order valence-electron chi connectivity index (χ2n) is 5.44. The maximum Gasteiger partial charge on any atom is 0.385 e. The van der Waals surface area contributed by atoms with E-state index in [4.69, 9.17) is 22.9 Å². The van der Waals surface area contributed by atoms with Crippen LogP contribution in [0.1, 0.15) is 13.8 Å². The molecule has 0 aliphatic heterocycles. The third-order valence-electron chi connectivity index (χ3n) is 3.49. The predicted octanol–water partition coefficient (Wildman–Crippen LogP) is 3.32. The molecule has 8 nitrogen and oxygen atoms in total. The van der Waals surface area contributed by atoms with Crippen molar-refractivity contribution in [2.75, 3.05) is 46.4 Å². The molecule has 26 heavy (non-hydrogen) atoms. The number of nitrogens with zero attached hydrogens (tertiary/aromatic N) is 2. The molecule has 0 amide bonds. The lowest BCUT2D eigenvalue weighted by Crippen LogP contribution is -2.20. The van der Waals surface area contributed by atoms with Crippen LogP contribution in [0.2, 0.25) is 0 Å². The number of aromatic nitrogens is 1. The molecule has 0 radical (unpaired) electrons. The molecule has 9 heteroatoms. The van der Waals surface area contributed by atoms with Gasteiger partial charge in [-0.25, -0.2) is 0 Å². The van der Waals surface area contributed by atoms with Crippen molar-refractivity contribution in [3.05, 3.63) is 18.2 Å². The van der Waals surface area contributed by atoms with E-state index in [-0.39, 0.29) is 24.5 Å². The minimum Gasteiger partial charge on any atom is -0.493 e. The minimum atomic E-state index is -3.60. The van der Waals surface area contributed by atoms with E-state index in [2.05, 4.69) is 4.98 Å². The molecule has 0 spiro atoms. The van der Waals surface area contributed by atoms with E-state index in [0.717, 1.165) is 0 Å². The first-order valence-corrected chi connectivity index (χ1v) is 9.74. The fraction of sp³-hybridized carbons (Fsp3) is 0.471. The first kappa shape index (κ1) is 20.3. The number of anilines is 1. The average Bonchev–Trinajstić information content (AvgIpc) is 3.08. The van der Waals surface area contributed by atoms with Crippen molar-refractivity contribution in [2.24, 2.45) is 0 Å². The monoisotopic (exact) mass is 384 g/mol. The van der Waals surface area contributed by atoms with Crippen LogP contribution < -0.4 is 19.8 Å². The van der Waals surface area contributed by atoms with E-state index in [9.17, 15) is 4.57 Å². The molecule has 0 aliphatic carbocycles. The summed E-state index contributed by atoms with van der Waals surface area (Å²) >= 11 is 0. The maximum absolute atomic E-state index is 13.2. The molecule has 0 bridgehead atoms. The molecule has 144 valence electrons. The van der Waals surface area contributed by atoms with Crippen LogP contribution in [-0.4, -0.2) is 46.5 Å². The summed E-state index contributed by atoms with van der Waals surface area (Å²) in [5, 5.41) is 0. The molecule has 0 saturated heterocycles. The fourth-order valence-corrected chi connectivity index (χ4v) is 4.06. The zero-order chi connectivity index (χ0) is 19.3. The van der Waals surface area contributed by atoms with Crippen LogP contribution in [0.5, 0.6) is 11.5 Å². The highest BCUT2D eigenvalue weighted by Gasteiger charge is 2.36. The Morgan fingerprint density at radius 1 is 1.08 bits per heavy atom. The van der Waals surface area contributed by atoms with Crippen LogP contribution in [0.3, 0.4) is 0 Å². The second-order valence-corrected chi connectivity index (χ2v) is 7.38. The van der Waals surface area contributed by atoms with Crippen LogP contribution in [0.15, 0.2) is 22.6 Å². The summed E-state index contributed by atoms with van der Waals surface area (Å²) in [6, 6.07) is 5.26. The molecular formula is C17H25N2O6P. The van der Waals surface area contributed by atoms with Crippen LogP contribution in [0.4, 0.5) is 5.88 Å². The van der Waals surface area contributed by atoms with Gasteiger partial charge in [-0.15, -0.1) is 0 Å². The maximum atomic E-state index is 13.2. The van der Waals surface area contributed by atoms with Crippen molar-refractivity contribution in [2.45, 2.75) is 13.8 Å². The van der Waals surface area contributed by atoms with Crippen molar-refractivity contribution in [1.29, 1.82) is 0 Å². The van der Waals surface area contributed by atoms with Gasteiger partial charge < -0.3 is 27.8 Å². The Kier molecular flexibility index (Phi) is 6.69. The molecule has 0 atom stereocenters. The summed E-state index contributed by atoms with van der Waals surface area (Å²) in [6.07, 6.45) is 0. The van der Waals surface area contributed by atoms with Gasteiger partial charge in [-0.3, -0.25) is 4.57 Å². The third-order valence-corrected chi connectivity index (χ3v) is 5.49. The molecule has 1 aromatic carbocycles. The summed E-state index contributed by atoms with van der Waals surface area (Å²) in [5.41, 5.74) is 0.799. The molecule has 1 heterocycles. The molecule has 0 aliphatic rings. The molecule has 0 unspecified atom stereocenters. The highest BCUT2D eigenvalue weighted by Crippen LogP contribution is 2.49. The lowest BCUT2D eigenvalue weighted by atomic mass is 10.2. The number of oxazole rings is 1. The van der Waals surface area contributed by atoms with Gasteiger partial charge in [-0.1, -0.05) is 0 Å². The van der Waals surface area contributed by atoms with Gasteiger partial charge in [0, 0.05) is 19.7 Å². The van der Waals surface area contributed by atoms with Gasteiger partial charge in [-0.2, -0.15) is 4.98 Å². The first-order chi connectivity index (χ1) is 12.4. The standard InChI is InChI=1S/C17H25N2O6P/c1-7-23-26(20,24-8-2)16-17(19(3)4)25-15(18-16)12-9-10-13(21-5)14(11-12)22-6/h9-11H,7-8H2,1-6H3. The van der Waals surface area contributed by atoms with Gasteiger partial charge >= 0.3 is 7.60 Å². The highest BCUT2D eigenvalue weighted by molar-refractivity contribution is 7.62. The van der Waals surface area contributed by atoms with Crippen LogP contribution in [0, 0.1) is 0 Å². The Morgan fingerprint density at radius 3 is 2.19 bits per heavy atom. The fourth-order valence-electron chi connectivity index (χ4n) is 2.37. The largest absolute Gasteiger partial charge is 0.493 e. The summed E-state index contributed by atoms with van der Waals surface area (Å²) < 4.78 is 40.4. The normalized spacial score (nSPS) is 11.5. The van der Waals surface area contributed by atoms with E-state index >= 15 is 0 Å². The third kappa shape index (κ3) is 4.03. The Hall–Kier alpha value is -2.02. The number of rotatable bonds is 9. The molecule has 2 rings (SSSR count). The van der Waals surface area contributed by atoms with Crippen molar-refractivity contribution >= 4 is 18.9 Å². The number of benzene rings is 1. The lowest BCUT2D eigenvalue weighted by Gasteiger charge is -2.17. The molecule has 0 fully saturated rings. The minimum absolute atomic E-state index is 0.149. The summed E-state index contributed by atoms with van der Waals surface area (Å²) in [7, 11) is 3.05. The molecule has 0 saturated carbocycles. The molecule has 2 aromatic rings. The Labute approximate surface area is 153 Å². The zero-order valence-electron chi connectivity index (χ0n) is 15.9. The van der Waals surface area contributed by atoms with E-state index in [1.807, 2.05) is 0 Å². The first-order valence-electron chi connectivity index (χ1n) is 8.20. The van der Waals surface area contributed by atoms with Gasteiger partial charge in [0.25, 0.3) is 0 Å². The van der Waals surface area contributed by atoms with E-state index in [0.29, 0.717) is 22.9 Å². The van der Waals surface area contributed by atoms with Gasteiger partial charge in [0.15, 0.2) is 11.5 Å². The van der Waals surface area contributed by atoms with Crippen LogP contribution >= 0.6 is 7.60 Å². The Balaban J connectivity index is 2.58. The number of methoxy groups -OCH3 is 2. The quantitative estimate of drug-likeness (QED) is 0.609. The highest BCUT2D eigenvalue weighted by atomic mass is 31.2. The topological polar surface area (TPSA) is 83.3 Å². The summed E-state index contributed by atoms with van der Waals surface area (Å²) in [4.78, 5) is 6.10. The second kappa shape index (κ2) is 8.58. The van der Waals surface area contributed by atoms with E-state index < -0.39 is 7.60 Å². The van der Waals surface area contributed by atoms with Gasteiger partial charge in [0.2, 0.25) is 17.2 Å². The number of ether oxygens (including phenoxy) is 2. The van der Waals surface area contributed by atoms with E-state index in [1.165, 1.54) is 0 Å². The summed E-state index contributed by atoms with van der Waals surface area (Å²) in [5.74, 6) is 1.73. The Bertz CT molecular complexity index is 780. The van der Waals surface area contributed by atoms with Crippen molar-refractivity contribution < 1.29 is 27.5 Å². The van der Waals surface area contributed by atoms with Crippen LogP contribution in [-0.2, 0) is 13.6 Å². The number of hydrogen-bond acceptors (Lipinski definition) is 8. The molecule has 1 aromatic heterocycles. The molecular weight excluding hydrogens is 359 g/mol. The SMILES string of the molecule is CCOP(=O)(OCC)c1nc(-c2ccc(OC)c(OC)c2)oc1N(C)C. The van der Waals surface area contributed by atoms with Gasteiger partial charge in [-0.05, 0) is 32.0 Å². The lowest BCUT2D eigenvalue weighted by molar-refractivity contribution is 0.229. The molecule has 0 N–H and O–H groups in total. The van der Waals surface area contributed by atoms with Crippen LogP contribution in [0.25, 0.3) is 11.5 Å². The Morgan fingerprint density at radius 2 is 1.69 bits per heavy atom. The zero-order valence-corrected chi connectivity index (χ0v) is 16.8. The summed E-state index contributed by atoms with van der Waals surface area (Å²) in [6.45, 7) is 3.94. The van der Waals surface area contributed by atoms with Crippen molar-refractivity contribution in [1.82, 2.24) is 4.98 Å². The average molecular weight is 384 g/mol. The van der Waals surface area contributed by atoms with E-state index in [1.54, 1.807) is 65.3 Å². The van der Waals surface area contributed by atoms with Crippen molar-refractivity contribution in [3.63, 3.8) is 0 Å². The van der Waals surface area contributed by atoms with Gasteiger partial charge in [0.1, 0.15) is 0 Å². The number of hydrogen-bond donors (Lipinski definition) is 0. The van der Waals surface area contributed by atoms with Gasteiger partial charge in [0.05, 0.1) is 27.4 Å².